The Hall–Kier alpha value is -8.39. The average Bonchev–Trinajstić information content (AvgIpc) is 3.99. The summed E-state index contributed by atoms with van der Waals surface area (Å²) in [6.45, 7) is 0. The van der Waals surface area contributed by atoms with Crippen molar-refractivity contribution in [2.75, 3.05) is 4.90 Å². The average molecular weight is 862 g/mol. The second-order valence-corrected chi connectivity index (χ2v) is 18.4. The number of ether oxygens (including phenoxy) is 1. The molecule has 308 valence electrons. The van der Waals surface area contributed by atoms with Crippen LogP contribution in [0.4, 0.5) is 17.1 Å². The largest absolute Gasteiger partial charge is 0.457 e. The van der Waals surface area contributed by atoms with Gasteiger partial charge in [-0.3, -0.25) is 9.97 Å². The molecule has 0 radical (unpaired) electrons. The van der Waals surface area contributed by atoms with E-state index in [4.69, 9.17) is 14.7 Å². The predicted octanol–water partition coefficient (Wildman–Crippen LogP) is 15.1. The van der Waals surface area contributed by atoms with Crippen molar-refractivity contribution < 1.29 is 4.74 Å². The SMILES string of the molecule is c1ccc2c(c1)Oc1cc(-n3c4ccccc4c4cc(N5c6ccccc6Sc6ccccc65)ccc43)ccc1C21c2cccnc2-c2ncc(-n3c4ccccc4c4ccccc43)cc21. The van der Waals surface area contributed by atoms with Gasteiger partial charge in [0.05, 0.1) is 62.1 Å². The molecule has 1 unspecified atom stereocenters. The fourth-order valence-electron chi connectivity index (χ4n) is 11.4. The lowest BCUT2D eigenvalue weighted by molar-refractivity contribution is 0.436. The normalized spacial score (nSPS) is 15.4. The number of rotatable bonds is 3. The topological polar surface area (TPSA) is 48.1 Å². The maximum absolute atomic E-state index is 7.07. The minimum absolute atomic E-state index is 0.752. The van der Waals surface area contributed by atoms with Crippen molar-refractivity contribution in [1.82, 2.24) is 19.1 Å². The van der Waals surface area contributed by atoms with E-state index in [0.29, 0.717) is 0 Å². The zero-order valence-electron chi connectivity index (χ0n) is 35.3. The summed E-state index contributed by atoms with van der Waals surface area (Å²) in [5, 5.41) is 4.80. The molecule has 0 bridgehead atoms. The Morgan fingerprint density at radius 1 is 0.394 bits per heavy atom. The van der Waals surface area contributed by atoms with E-state index < -0.39 is 5.41 Å². The predicted molar refractivity (Wildman–Crippen MR) is 267 cm³/mol. The minimum atomic E-state index is -0.752. The van der Waals surface area contributed by atoms with Crippen molar-refractivity contribution in [3.05, 3.63) is 235 Å². The summed E-state index contributed by atoms with van der Waals surface area (Å²) in [7, 11) is 0. The standard InChI is InChI=1S/C59H35N5OS/c1-5-19-47-39(14-1)40-15-2-6-20-48(40)64(47)38-33-46-58(61-35-38)57-45(18-13-31-60-57)59(46)43-17-4-10-24-53(43)65-54-34-37(27-29-44(54)59)62-49-21-7-3-16-41(49)42-32-36(28-30-50(42)62)63-51-22-8-11-25-55(51)66-56-26-12-9-23-52(56)63/h1-35H. The van der Waals surface area contributed by atoms with Crippen LogP contribution >= 0.6 is 11.8 Å². The Labute approximate surface area is 383 Å². The zero-order valence-corrected chi connectivity index (χ0v) is 36.1. The maximum Gasteiger partial charge on any atom is 0.134 e. The van der Waals surface area contributed by atoms with Crippen molar-refractivity contribution >= 4 is 72.4 Å². The van der Waals surface area contributed by atoms with Gasteiger partial charge in [0.2, 0.25) is 0 Å². The first kappa shape index (κ1) is 36.0. The Kier molecular flexibility index (Phi) is 7.27. The zero-order chi connectivity index (χ0) is 43.1. The summed E-state index contributed by atoms with van der Waals surface area (Å²) in [5.74, 6) is 1.62. The highest BCUT2D eigenvalue weighted by atomic mass is 32.2. The van der Waals surface area contributed by atoms with E-state index >= 15 is 0 Å². The molecule has 0 saturated heterocycles. The Bertz CT molecular complexity index is 3960. The molecule has 3 aliphatic rings. The van der Waals surface area contributed by atoms with Crippen LogP contribution in [0.3, 0.4) is 0 Å². The van der Waals surface area contributed by atoms with Crippen molar-refractivity contribution in [2.24, 2.45) is 0 Å². The van der Waals surface area contributed by atoms with E-state index in [1.165, 1.54) is 42.7 Å². The molecule has 2 aliphatic heterocycles. The molecule has 8 aromatic carbocycles. The number of para-hydroxylation sites is 6. The molecule has 0 N–H and O–H groups in total. The van der Waals surface area contributed by atoms with Crippen molar-refractivity contribution in [2.45, 2.75) is 15.2 Å². The van der Waals surface area contributed by atoms with Gasteiger partial charge >= 0.3 is 0 Å². The van der Waals surface area contributed by atoms with E-state index in [-0.39, 0.29) is 0 Å². The molecule has 1 atom stereocenters. The number of benzene rings is 8. The van der Waals surface area contributed by atoms with Crippen LogP contribution in [0.15, 0.2) is 222 Å². The van der Waals surface area contributed by atoms with Gasteiger partial charge in [0.25, 0.3) is 0 Å². The molecule has 7 heteroatoms. The van der Waals surface area contributed by atoms with Gasteiger partial charge in [-0.25, -0.2) is 0 Å². The molecule has 66 heavy (non-hydrogen) atoms. The summed E-state index contributed by atoms with van der Waals surface area (Å²) in [5.41, 5.74) is 15.4. The van der Waals surface area contributed by atoms with E-state index in [1.807, 2.05) is 24.2 Å². The molecule has 1 aliphatic carbocycles. The number of anilines is 3. The van der Waals surface area contributed by atoms with Gasteiger partial charge < -0.3 is 18.8 Å². The van der Waals surface area contributed by atoms with E-state index in [1.54, 1.807) is 0 Å². The molecule has 0 amide bonds. The van der Waals surface area contributed by atoms with Crippen LogP contribution in [0, 0.1) is 0 Å². The van der Waals surface area contributed by atoms with Gasteiger partial charge in [-0.1, -0.05) is 121 Å². The molecule has 4 aromatic heterocycles. The van der Waals surface area contributed by atoms with Crippen molar-refractivity contribution in [3.63, 3.8) is 0 Å². The summed E-state index contributed by atoms with van der Waals surface area (Å²) in [6, 6.07) is 72.3. The van der Waals surface area contributed by atoms with Gasteiger partial charge in [0, 0.05) is 71.7 Å². The van der Waals surface area contributed by atoms with Gasteiger partial charge in [0.1, 0.15) is 11.5 Å². The van der Waals surface area contributed by atoms with Crippen LogP contribution in [0.2, 0.25) is 0 Å². The molecule has 12 aromatic rings. The highest BCUT2D eigenvalue weighted by Gasteiger charge is 2.52. The molecule has 0 fully saturated rings. The quantitative estimate of drug-likeness (QED) is 0.177. The van der Waals surface area contributed by atoms with Gasteiger partial charge in [0.15, 0.2) is 0 Å². The summed E-state index contributed by atoms with van der Waals surface area (Å²) < 4.78 is 11.8. The van der Waals surface area contributed by atoms with Crippen LogP contribution in [0.25, 0.3) is 66.4 Å². The smallest absolute Gasteiger partial charge is 0.134 e. The first-order valence-electron chi connectivity index (χ1n) is 22.3. The van der Waals surface area contributed by atoms with Gasteiger partial charge in [-0.05, 0) is 90.5 Å². The second-order valence-electron chi connectivity index (χ2n) is 17.3. The summed E-state index contributed by atoms with van der Waals surface area (Å²) >= 11 is 1.83. The van der Waals surface area contributed by atoms with Crippen LogP contribution < -0.4 is 9.64 Å². The van der Waals surface area contributed by atoms with E-state index in [2.05, 4.69) is 214 Å². The molecule has 6 heterocycles. The second kappa shape index (κ2) is 13.3. The van der Waals surface area contributed by atoms with Crippen LogP contribution in [0.5, 0.6) is 11.5 Å². The monoisotopic (exact) mass is 861 g/mol. The lowest BCUT2D eigenvalue weighted by Crippen LogP contribution is -2.32. The fraction of sp³-hybridized carbons (Fsp3) is 0.0169. The van der Waals surface area contributed by atoms with E-state index in [0.717, 1.165) is 84.3 Å². The molecule has 6 nitrogen and oxygen atoms in total. The Morgan fingerprint density at radius 2 is 0.955 bits per heavy atom. The first-order valence-corrected chi connectivity index (χ1v) is 23.1. The van der Waals surface area contributed by atoms with Gasteiger partial charge in [-0.15, -0.1) is 0 Å². The lowest BCUT2D eigenvalue weighted by Gasteiger charge is -2.39. The maximum atomic E-state index is 7.07. The fourth-order valence-corrected chi connectivity index (χ4v) is 12.5. The van der Waals surface area contributed by atoms with Gasteiger partial charge in [-0.2, -0.15) is 0 Å². The third kappa shape index (κ3) is 4.71. The highest BCUT2D eigenvalue weighted by molar-refractivity contribution is 7.99. The number of nitrogens with zero attached hydrogens (tertiary/aromatic N) is 5. The molecular formula is C59H35N5OS. The van der Waals surface area contributed by atoms with Crippen molar-refractivity contribution in [3.8, 4) is 34.3 Å². The third-order valence-electron chi connectivity index (χ3n) is 14.0. The Balaban J connectivity index is 0.947. The molecule has 1 spiro atoms. The summed E-state index contributed by atoms with van der Waals surface area (Å²) in [4.78, 5) is 15.3. The molecule has 15 rings (SSSR count). The number of fused-ring (bicyclic) bond motifs is 17. The number of hydrogen-bond donors (Lipinski definition) is 0. The van der Waals surface area contributed by atoms with Crippen LogP contribution in [-0.4, -0.2) is 19.1 Å². The molecule has 0 saturated carbocycles. The minimum Gasteiger partial charge on any atom is -0.457 e. The molecular weight excluding hydrogens is 827 g/mol. The van der Waals surface area contributed by atoms with Crippen molar-refractivity contribution in [1.29, 1.82) is 0 Å². The summed E-state index contributed by atoms with van der Waals surface area (Å²) in [6.07, 6.45) is 3.90. The van der Waals surface area contributed by atoms with E-state index in [9.17, 15) is 0 Å². The number of pyridine rings is 2. The Morgan fingerprint density at radius 3 is 1.70 bits per heavy atom. The number of hydrogen-bond acceptors (Lipinski definition) is 5. The third-order valence-corrected chi connectivity index (χ3v) is 15.2. The highest BCUT2D eigenvalue weighted by Crippen LogP contribution is 2.62. The number of aromatic nitrogens is 4. The van der Waals surface area contributed by atoms with Crippen LogP contribution in [0.1, 0.15) is 22.3 Å². The first-order chi connectivity index (χ1) is 32.7. The van der Waals surface area contributed by atoms with Crippen LogP contribution in [-0.2, 0) is 5.41 Å². The lowest BCUT2D eigenvalue weighted by atomic mass is 9.66.